The fourth-order valence-electron chi connectivity index (χ4n) is 4.18. The van der Waals surface area contributed by atoms with Gasteiger partial charge in [0.25, 0.3) is 5.91 Å². The maximum Gasteiger partial charge on any atom is 0.250 e. The number of anilines is 1. The van der Waals surface area contributed by atoms with Gasteiger partial charge < -0.3 is 20.9 Å². The van der Waals surface area contributed by atoms with Crippen LogP contribution in [0.4, 0.5) is 5.69 Å². The van der Waals surface area contributed by atoms with Gasteiger partial charge in [-0.25, -0.2) is 0 Å². The molecule has 0 bridgehead atoms. The Labute approximate surface area is 176 Å². The molecule has 30 heavy (non-hydrogen) atoms. The van der Waals surface area contributed by atoms with Gasteiger partial charge >= 0.3 is 0 Å². The molecular formula is C22H30N4O4. The standard InChI is InChI=1S/C22H30N4O4/c1-22(2,3)26-13-15(12-18(26)27)21(30)25-10-8-14(9-11-25)20(29)24-17-7-5-4-6-16(17)19(23)28/h4-7,14-15H,8-13H2,1-3H3,(H2,23,28)(H,24,29). The van der Waals surface area contributed by atoms with Crippen LogP contribution >= 0.6 is 0 Å². The molecule has 1 unspecified atom stereocenters. The first-order chi connectivity index (χ1) is 14.1. The summed E-state index contributed by atoms with van der Waals surface area (Å²) in [6, 6.07) is 6.64. The topological polar surface area (TPSA) is 113 Å². The third-order valence-corrected chi connectivity index (χ3v) is 5.91. The van der Waals surface area contributed by atoms with Crippen LogP contribution in [-0.2, 0) is 14.4 Å². The van der Waals surface area contributed by atoms with Crippen LogP contribution in [0.3, 0.4) is 0 Å². The molecule has 0 radical (unpaired) electrons. The summed E-state index contributed by atoms with van der Waals surface area (Å²) in [5.41, 5.74) is 5.75. The number of amides is 4. The SMILES string of the molecule is CC(C)(C)N1CC(C(=O)N2CCC(C(=O)Nc3ccccc3C(N)=O)CC2)CC1=O. The van der Waals surface area contributed by atoms with Crippen LogP contribution in [0.1, 0.15) is 50.4 Å². The van der Waals surface area contributed by atoms with E-state index in [4.69, 9.17) is 5.73 Å². The van der Waals surface area contributed by atoms with E-state index in [0.29, 0.717) is 38.2 Å². The molecule has 162 valence electrons. The van der Waals surface area contributed by atoms with E-state index in [1.807, 2.05) is 20.8 Å². The van der Waals surface area contributed by atoms with Crippen LogP contribution in [0.2, 0.25) is 0 Å². The summed E-state index contributed by atoms with van der Waals surface area (Å²) >= 11 is 0. The molecular weight excluding hydrogens is 384 g/mol. The normalized spacial score (nSPS) is 20.4. The lowest BCUT2D eigenvalue weighted by molar-refractivity contribution is -0.138. The van der Waals surface area contributed by atoms with Gasteiger partial charge in [0.1, 0.15) is 0 Å². The lowest BCUT2D eigenvalue weighted by Gasteiger charge is -2.34. The van der Waals surface area contributed by atoms with Crippen molar-refractivity contribution in [1.82, 2.24) is 9.80 Å². The van der Waals surface area contributed by atoms with E-state index in [1.165, 1.54) is 0 Å². The number of hydrogen-bond donors (Lipinski definition) is 2. The summed E-state index contributed by atoms with van der Waals surface area (Å²) in [6.45, 7) is 7.32. The molecule has 1 aromatic carbocycles. The number of primary amides is 1. The second-order valence-electron chi connectivity index (χ2n) is 9.07. The average molecular weight is 415 g/mol. The zero-order valence-corrected chi connectivity index (χ0v) is 17.8. The van der Waals surface area contributed by atoms with Gasteiger partial charge in [-0.15, -0.1) is 0 Å². The summed E-state index contributed by atoms with van der Waals surface area (Å²) in [5.74, 6) is -1.32. The number of carbonyl (C=O) groups excluding carboxylic acids is 4. The Balaban J connectivity index is 1.55. The number of para-hydroxylation sites is 1. The Hall–Kier alpha value is -2.90. The van der Waals surface area contributed by atoms with Crippen molar-refractivity contribution in [3.05, 3.63) is 29.8 Å². The Kier molecular flexibility index (Phi) is 6.14. The number of carbonyl (C=O) groups is 4. The number of hydrogen-bond acceptors (Lipinski definition) is 4. The highest BCUT2D eigenvalue weighted by molar-refractivity contribution is 6.03. The molecule has 3 N–H and O–H groups in total. The maximum atomic E-state index is 12.9. The molecule has 0 aliphatic carbocycles. The first kappa shape index (κ1) is 21.8. The quantitative estimate of drug-likeness (QED) is 0.779. The van der Waals surface area contributed by atoms with E-state index in [0.717, 1.165) is 0 Å². The van der Waals surface area contributed by atoms with Crippen LogP contribution in [0.25, 0.3) is 0 Å². The van der Waals surface area contributed by atoms with E-state index in [2.05, 4.69) is 5.32 Å². The van der Waals surface area contributed by atoms with Crippen molar-refractivity contribution < 1.29 is 19.2 Å². The predicted molar refractivity (Wildman–Crippen MR) is 112 cm³/mol. The molecule has 4 amide bonds. The van der Waals surface area contributed by atoms with Crippen LogP contribution in [-0.4, -0.2) is 58.6 Å². The van der Waals surface area contributed by atoms with E-state index in [-0.39, 0.29) is 47.1 Å². The van der Waals surface area contributed by atoms with Gasteiger partial charge in [-0.2, -0.15) is 0 Å². The van der Waals surface area contributed by atoms with Gasteiger partial charge in [0.2, 0.25) is 17.7 Å². The molecule has 1 atom stereocenters. The first-order valence-electron chi connectivity index (χ1n) is 10.4. The van der Waals surface area contributed by atoms with Crippen molar-refractivity contribution >= 4 is 29.3 Å². The van der Waals surface area contributed by atoms with Crippen molar-refractivity contribution in [2.24, 2.45) is 17.6 Å². The third-order valence-electron chi connectivity index (χ3n) is 5.91. The summed E-state index contributed by atoms with van der Waals surface area (Å²) < 4.78 is 0. The highest BCUT2D eigenvalue weighted by Crippen LogP contribution is 2.29. The van der Waals surface area contributed by atoms with Crippen molar-refractivity contribution in [2.45, 2.75) is 45.6 Å². The van der Waals surface area contributed by atoms with Crippen molar-refractivity contribution in [3.63, 3.8) is 0 Å². The molecule has 2 aliphatic heterocycles. The Morgan fingerprint density at radius 3 is 2.27 bits per heavy atom. The molecule has 0 saturated carbocycles. The van der Waals surface area contributed by atoms with E-state index in [1.54, 1.807) is 34.1 Å². The minimum Gasteiger partial charge on any atom is -0.366 e. The number of benzene rings is 1. The molecule has 2 aliphatic rings. The molecule has 0 aromatic heterocycles. The molecule has 8 heteroatoms. The van der Waals surface area contributed by atoms with Crippen LogP contribution in [0.15, 0.2) is 24.3 Å². The van der Waals surface area contributed by atoms with Gasteiger partial charge in [0.15, 0.2) is 0 Å². The Morgan fingerprint density at radius 1 is 1.07 bits per heavy atom. The van der Waals surface area contributed by atoms with Gasteiger partial charge in [0.05, 0.1) is 17.2 Å². The van der Waals surface area contributed by atoms with Crippen LogP contribution < -0.4 is 11.1 Å². The lowest BCUT2D eigenvalue weighted by Crippen LogP contribution is -2.46. The first-order valence-corrected chi connectivity index (χ1v) is 10.4. The predicted octanol–water partition coefficient (Wildman–Crippen LogP) is 1.61. The molecule has 8 nitrogen and oxygen atoms in total. The third kappa shape index (κ3) is 4.63. The van der Waals surface area contributed by atoms with Gasteiger partial charge in [0, 0.05) is 37.5 Å². The monoisotopic (exact) mass is 414 g/mol. The van der Waals surface area contributed by atoms with Crippen molar-refractivity contribution in [2.75, 3.05) is 25.0 Å². The number of piperidine rings is 1. The van der Waals surface area contributed by atoms with Crippen molar-refractivity contribution in [3.8, 4) is 0 Å². The molecule has 3 rings (SSSR count). The minimum absolute atomic E-state index is 0.00645. The summed E-state index contributed by atoms with van der Waals surface area (Å²) in [5, 5.41) is 2.79. The second-order valence-corrected chi connectivity index (χ2v) is 9.07. The minimum atomic E-state index is -0.596. The van der Waals surface area contributed by atoms with Crippen LogP contribution in [0.5, 0.6) is 0 Å². The van der Waals surface area contributed by atoms with Gasteiger partial charge in [-0.05, 0) is 45.7 Å². The number of nitrogens with one attached hydrogen (secondary N) is 1. The zero-order valence-electron chi connectivity index (χ0n) is 17.8. The second kappa shape index (κ2) is 8.45. The fourth-order valence-corrected chi connectivity index (χ4v) is 4.18. The largest absolute Gasteiger partial charge is 0.366 e. The number of likely N-dealkylation sites (tertiary alicyclic amines) is 2. The van der Waals surface area contributed by atoms with E-state index < -0.39 is 5.91 Å². The van der Waals surface area contributed by atoms with Gasteiger partial charge in [-0.1, -0.05) is 12.1 Å². The summed E-state index contributed by atoms with van der Waals surface area (Å²) in [6.07, 6.45) is 1.33. The molecule has 1 aromatic rings. The number of rotatable bonds is 4. The highest BCUT2D eigenvalue weighted by atomic mass is 16.2. The molecule has 2 saturated heterocycles. The average Bonchev–Trinajstić information content (AvgIpc) is 3.10. The molecule has 0 spiro atoms. The van der Waals surface area contributed by atoms with Crippen molar-refractivity contribution in [1.29, 1.82) is 0 Å². The lowest BCUT2D eigenvalue weighted by atomic mass is 9.94. The summed E-state index contributed by atoms with van der Waals surface area (Å²) in [4.78, 5) is 52.9. The highest BCUT2D eigenvalue weighted by Gasteiger charge is 2.41. The number of nitrogens with two attached hydrogens (primary N) is 1. The van der Waals surface area contributed by atoms with Gasteiger partial charge in [-0.3, -0.25) is 19.2 Å². The smallest absolute Gasteiger partial charge is 0.250 e. The van der Waals surface area contributed by atoms with Crippen LogP contribution in [0, 0.1) is 11.8 Å². The number of nitrogens with zero attached hydrogens (tertiary/aromatic N) is 2. The summed E-state index contributed by atoms with van der Waals surface area (Å²) in [7, 11) is 0. The Morgan fingerprint density at radius 2 is 1.70 bits per heavy atom. The maximum absolute atomic E-state index is 12.9. The molecule has 2 fully saturated rings. The zero-order chi connectivity index (χ0) is 22.1. The molecule has 2 heterocycles. The Bertz CT molecular complexity index is 853. The fraction of sp³-hybridized carbons (Fsp3) is 0.545. The van der Waals surface area contributed by atoms with E-state index in [9.17, 15) is 19.2 Å². The van der Waals surface area contributed by atoms with E-state index >= 15 is 0 Å².